The Bertz CT molecular complexity index is 1200. The highest BCUT2D eigenvalue weighted by Gasteiger charge is 2.23. The van der Waals surface area contributed by atoms with Crippen LogP contribution in [0.5, 0.6) is 0 Å². The maximum atomic E-state index is 13.0. The number of carbonyl (C=O) groups excluding carboxylic acids is 2. The van der Waals surface area contributed by atoms with Gasteiger partial charge in [-0.05, 0) is 37.1 Å². The molecule has 0 aliphatic rings. The minimum Gasteiger partial charge on any atom is -0.299 e. The molecule has 1 aromatic heterocycles. The minimum atomic E-state index is -3.79. The number of sulfone groups is 1. The second kappa shape index (κ2) is 9.79. The Morgan fingerprint density at radius 2 is 1.58 bits per heavy atom. The summed E-state index contributed by atoms with van der Waals surface area (Å²) in [5.41, 5.74) is 3.58. The SMILES string of the molecule is Cc1ccc(CC(=O)CCS(=O)(=O)c2ccccc2C(=O)Cc2ncccc2C)cc1. The van der Waals surface area contributed by atoms with E-state index in [0.29, 0.717) is 5.69 Å². The van der Waals surface area contributed by atoms with Gasteiger partial charge in [-0.1, -0.05) is 54.1 Å². The molecular weight excluding hydrogens is 410 g/mol. The molecule has 31 heavy (non-hydrogen) atoms. The summed E-state index contributed by atoms with van der Waals surface area (Å²) in [4.78, 5) is 29.4. The molecule has 0 aliphatic heterocycles. The molecule has 5 nitrogen and oxygen atoms in total. The Morgan fingerprint density at radius 1 is 0.871 bits per heavy atom. The van der Waals surface area contributed by atoms with Gasteiger partial charge in [0.05, 0.1) is 22.8 Å². The molecule has 160 valence electrons. The number of nitrogens with zero attached hydrogens (tertiary/aromatic N) is 1. The highest BCUT2D eigenvalue weighted by atomic mass is 32.2. The first-order valence-electron chi connectivity index (χ1n) is 10.1. The fourth-order valence-electron chi connectivity index (χ4n) is 3.30. The van der Waals surface area contributed by atoms with Crippen LogP contribution in [0.15, 0.2) is 71.8 Å². The molecule has 0 saturated carbocycles. The van der Waals surface area contributed by atoms with E-state index in [0.717, 1.165) is 16.7 Å². The van der Waals surface area contributed by atoms with E-state index < -0.39 is 9.84 Å². The molecule has 2 aromatic carbocycles. The summed E-state index contributed by atoms with van der Waals surface area (Å²) in [6.45, 7) is 3.82. The fourth-order valence-corrected chi connectivity index (χ4v) is 4.82. The van der Waals surface area contributed by atoms with Gasteiger partial charge in [0.2, 0.25) is 0 Å². The number of aryl methyl sites for hydroxylation is 2. The molecule has 0 atom stereocenters. The van der Waals surface area contributed by atoms with Crippen LogP contribution in [0.4, 0.5) is 0 Å². The van der Waals surface area contributed by atoms with E-state index in [9.17, 15) is 18.0 Å². The third-order valence-corrected chi connectivity index (χ3v) is 6.91. The summed E-state index contributed by atoms with van der Waals surface area (Å²) in [5, 5.41) is 0. The lowest BCUT2D eigenvalue weighted by Crippen LogP contribution is -2.17. The van der Waals surface area contributed by atoms with Gasteiger partial charge in [-0.3, -0.25) is 14.6 Å². The van der Waals surface area contributed by atoms with Crippen molar-refractivity contribution in [1.29, 1.82) is 0 Å². The summed E-state index contributed by atoms with van der Waals surface area (Å²) in [6.07, 6.45) is 1.72. The first-order valence-corrected chi connectivity index (χ1v) is 11.7. The third kappa shape index (κ3) is 5.95. The molecule has 0 bridgehead atoms. The van der Waals surface area contributed by atoms with Gasteiger partial charge < -0.3 is 0 Å². The molecule has 3 rings (SSSR count). The van der Waals surface area contributed by atoms with Crippen LogP contribution in [0.2, 0.25) is 0 Å². The lowest BCUT2D eigenvalue weighted by Gasteiger charge is -2.10. The predicted octanol–water partition coefficient (Wildman–Crippen LogP) is 4.10. The summed E-state index contributed by atoms with van der Waals surface area (Å²) in [6, 6.07) is 17.4. The monoisotopic (exact) mass is 435 g/mol. The molecule has 0 spiro atoms. The van der Waals surface area contributed by atoms with Crippen molar-refractivity contribution in [2.45, 2.75) is 38.0 Å². The second-order valence-corrected chi connectivity index (χ2v) is 9.71. The summed E-state index contributed by atoms with van der Waals surface area (Å²) in [5.74, 6) is -0.794. The van der Waals surface area contributed by atoms with Crippen molar-refractivity contribution in [1.82, 2.24) is 4.98 Å². The topological polar surface area (TPSA) is 81.2 Å². The minimum absolute atomic E-state index is 0.0194. The van der Waals surface area contributed by atoms with Crippen molar-refractivity contribution in [3.8, 4) is 0 Å². The molecule has 0 fully saturated rings. The van der Waals surface area contributed by atoms with Gasteiger partial charge >= 0.3 is 0 Å². The lowest BCUT2D eigenvalue weighted by molar-refractivity contribution is -0.118. The Hall–Kier alpha value is -3.12. The number of ketones is 2. The molecule has 0 aliphatic carbocycles. The summed E-state index contributed by atoms with van der Waals surface area (Å²) < 4.78 is 25.9. The Balaban J connectivity index is 1.72. The van der Waals surface area contributed by atoms with Gasteiger partial charge in [-0.25, -0.2) is 8.42 Å². The third-order valence-electron chi connectivity index (χ3n) is 5.14. The van der Waals surface area contributed by atoms with Crippen LogP contribution in [-0.2, 0) is 27.5 Å². The fraction of sp³-hybridized carbons (Fsp3) is 0.240. The lowest BCUT2D eigenvalue weighted by atomic mass is 10.0. The largest absolute Gasteiger partial charge is 0.299 e. The van der Waals surface area contributed by atoms with E-state index in [-0.39, 0.29) is 47.0 Å². The van der Waals surface area contributed by atoms with Gasteiger partial charge in [0.25, 0.3) is 0 Å². The summed E-state index contributed by atoms with van der Waals surface area (Å²) >= 11 is 0. The van der Waals surface area contributed by atoms with Crippen LogP contribution in [0.25, 0.3) is 0 Å². The van der Waals surface area contributed by atoms with Crippen LogP contribution < -0.4 is 0 Å². The zero-order chi connectivity index (χ0) is 22.4. The molecule has 1 heterocycles. The quantitative estimate of drug-likeness (QED) is 0.473. The Kier molecular flexibility index (Phi) is 7.13. The molecular formula is C25H25NO4S. The van der Waals surface area contributed by atoms with Gasteiger partial charge in [-0.2, -0.15) is 0 Å². The number of benzene rings is 2. The zero-order valence-corrected chi connectivity index (χ0v) is 18.5. The molecule has 0 amide bonds. The van der Waals surface area contributed by atoms with Gasteiger partial charge in [0.1, 0.15) is 5.78 Å². The van der Waals surface area contributed by atoms with Crippen LogP contribution in [0.1, 0.15) is 39.2 Å². The van der Waals surface area contributed by atoms with Crippen molar-refractivity contribution in [3.05, 3.63) is 94.8 Å². The normalized spacial score (nSPS) is 11.3. The van der Waals surface area contributed by atoms with Gasteiger partial charge in [-0.15, -0.1) is 0 Å². The molecule has 0 N–H and O–H groups in total. The highest BCUT2D eigenvalue weighted by molar-refractivity contribution is 7.91. The number of pyridine rings is 1. The van der Waals surface area contributed by atoms with Crippen LogP contribution in [0.3, 0.4) is 0 Å². The van der Waals surface area contributed by atoms with E-state index in [4.69, 9.17) is 0 Å². The van der Waals surface area contributed by atoms with Crippen LogP contribution in [0, 0.1) is 13.8 Å². The Morgan fingerprint density at radius 3 is 2.29 bits per heavy atom. The number of Topliss-reactive ketones (excluding diaryl/α,β-unsaturated/α-hetero) is 2. The highest BCUT2D eigenvalue weighted by Crippen LogP contribution is 2.21. The molecule has 3 aromatic rings. The zero-order valence-electron chi connectivity index (χ0n) is 17.7. The number of carbonyl (C=O) groups is 2. The van der Waals surface area contributed by atoms with E-state index >= 15 is 0 Å². The molecule has 6 heteroatoms. The van der Waals surface area contributed by atoms with Crippen molar-refractivity contribution in [2.24, 2.45) is 0 Å². The summed E-state index contributed by atoms with van der Waals surface area (Å²) in [7, 11) is -3.79. The number of aromatic nitrogens is 1. The average molecular weight is 436 g/mol. The van der Waals surface area contributed by atoms with E-state index in [1.807, 2.05) is 44.2 Å². The van der Waals surface area contributed by atoms with Gasteiger partial charge in [0, 0.05) is 24.6 Å². The van der Waals surface area contributed by atoms with Crippen molar-refractivity contribution in [3.63, 3.8) is 0 Å². The molecule has 0 radical (unpaired) electrons. The smallest absolute Gasteiger partial charge is 0.179 e. The predicted molar refractivity (Wildman–Crippen MR) is 120 cm³/mol. The van der Waals surface area contributed by atoms with E-state index in [1.54, 1.807) is 24.4 Å². The van der Waals surface area contributed by atoms with E-state index in [2.05, 4.69) is 4.98 Å². The van der Waals surface area contributed by atoms with Gasteiger partial charge in [0.15, 0.2) is 15.6 Å². The molecule has 0 unspecified atom stereocenters. The van der Waals surface area contributed by atoms with Crippen molar-refractivity contribution in [2.75, 3.05) is 5.75 Å². The first kappa shape index (κ1) is 22.6. The van der Waals surface area contributed by atoms with Crippen LogP contribution in [-0.4, -0.2) is 30.7 Å². The molecule has 0 saturated heterocycles. The number of rotatable bonds is 9. The first-order chi connectivity index (χ1) is 14.8. The Labute approximate surface area is 183 Å². The van der Waals surface area contributed by atoms with E-state index in [1.165, 1.54) is 12.1 Å². The van der Waals surface area contributed by atoms with Crippen molar-refractivity contribution < 1.29 is 18.0 Å². The van der Waals surface area contributed by atoms with Crippen LogP contribution >= 0.6 is 0 Å². The number of hydrogen-bond donors (Lipinski definition) is 0. The maximum Gasteiger partial charge on any atom is 0.179 e. The standard InChI is InChI=1S/C25H25NO4S/c1-18-9-11-20(12-10-18)16-21(27)13-15-31(29,30)25-8-4-3-7-22(25)24(28)17-23-19(2)6-5-14-26-23/h3-12,14H,13,15-17H2,1-2H3. The average Bonchev–Trinajstić information content (AvgIpc) is 2.75. The van der Waals surface area contributed by atoms with Crippen molar-refractivity contribution >= 4 is 21.4 Å². The second-order valence-electron chi connectivity index (χ2n) is 7.63. The number of hydrogen-bond acceptors (Lipinski definition) is 5. The maximum absolute atomic E-state index is 13.0.